The Morgan fingerprint density at radius 3 is 2.59 bits per heavy atom. The van der Waals surface area contributed by atoms with E-state index in [-0.39, 0.29) is 5.90 Å². The molecule has 1 saturated carbocycles. The summed E-state index contributed by atoms with van der Waals surface area (Å²) in [6, 6.07) is 8.39. The standard InChI is InChI=1S/C20H20N4O2S/c1-3-13-4-6-20-14(8-13)19(11-23,17(24)26-20)18(9-21,10-22)16(25-20)15-12(2)5-7-27-15/h5,7,13-14,16,24H,3-4,6,8H2,1-2H3. The van der Waals surface area contributed by atoms with Gasteiger partial charge in [-0.2, -0.15) is 15.8 Å². The molecule has 3 fully saturated rings. The van der Waals surface area contributed by atoms with Crippen molar-refractivity contribution in [2.45, 2.75) is 51.4 Å². The van der Waals surface area contributed by atoms with Gasteiger partial charge in [0, 0.05) is 11.3 Å². The zero-order valence-corrected chi connectivity index (χ0v) is 16.1. The van der Waals surface area contributed by atoms with Crippen molar-refractivity contribution >= 4 is 17.2 Å². The molecule has 7 heteroatoms. The van der Waals surface area contributed by atoms with Gasteiger partial charge in [-0.15, -0.1) is 11.3 Å². The van der Waals surface area contributed by atoms with Crippen LogP contribution in [0.15, 0.2) is 11.4 Å². The lowest BCUT2D eigenvalue weighted by Gasteiger charge is -2.52. The van der Waals surface area contributed by atoms with Crippen molar-refractivity contribution in [2.24, 2.45) is 22.7 Å². The topological polar surface area (TPSA) is 114 Å². The van der Waals surface area contributed by atoms with Crippen molar-refractivity contribution in [3.8, 4) is 18.2 Å². The predicted octanol–water partition coefficient (Wildman–Crippen LogP) is 4.20. The number of thiophene rings is 1. The highest BCUT2D eigenvalue weighted by Crippen LogP contribution is 2.70. The first kappa shape index (κ1) is 18.0. The third kappa shape index (κ3) is 1.93. The molecule has 2 aliphatic heterocycles. The fourth-order valence-electron chi connectivity index (χ4n) is 5.17. The molecule has 6 nitrogen and oxygen atoms in total. The Bertz CT molecular complexity index is 921. The fourth-order valence-corrected chi connectivity index (χ4v) is 6.19. The maximum atomic E-state index is 10.3. The molecule has 0 aromatic carbocycles. The van der Waals surface area contributed by atoms with E-state index in [9.17, 15) is 15.8 Å². The van der Waals surface area contributed by atoms with E-state index in [1.54, 1.807) is 0 Å². The first-order valence-corrected chi connectivity index (χ1v) is 10.1. The normalized spacial score (nSPS) is 38.8. The Balaban J connectivity index is 1.99. The number of hydrogen-bond donors (Lipinski definition) is 1. The molecule has 1 aromatic heterocycles. The molecule has 0 amide bonds. The van der Waals surface area contributed by atoms with Crippen LogP contribution < -0.4 is 0 Å². The van der Waals surface area contributed by atoms with Gasteiger partial charge < -0.3 is 9.47 Å². The molecule has 2 bridgehead atoms. The molecule has 2 saturated heterocycles. The van der Waals surface area contributed by atoms with Crippen molar-refractivity contribution in [3.05, 3.63) is 21.9 Å². The van der Waals surface area contributed by atoms with Crippen LogP contribution in [0.5, 0.6) is 0 Å². The smallest absolute Gasteiger partial charge is 0.217 e. The second-order valence-corrected chi connectivity index (χ2v) is 8.71. The molecule has 1 aliphatic carbocycles. The summed E-state index contributed by atoms with van der Waals surface area (Å²) in [7, 11) is 0. The number of rotatable bonds is 2. The van der Waals surface area contributed by atoms with Gasteiger partial charge >= 0.3 is 0 Å². The molecule has 1 aromatic rings. The molecule has 3 aliphatic rings. The third-order valence-corrected chi connectivity index (χ3v) is 7.80. The summed E-state index contributed by atoms with van der Waals surface area (Å²) in [5, 5.41) is 41.1. The fraction of sp³-hybridized carbons (Fsp3) is 0.600. The second-order valence-electron chi connectivity index (χ2n) is 7.76. The van der Waals surface area contributed by atoms with Crippen LogP contribution in [0.25, 0.3) is 0 Å². The Morgan fingerprint density at radius 2 is 2.04 bits per heavy atom. The van der Waals surface area contributed by atoms with Crippen LogP contribution >= 0.6 is 11.3 Å². The summed E-state index contributed by atoms with van der Waals surface area (Å²) in [6.07, 6.45) is 2.10. The van der Waals surface area contributed by atoms with Crippen LogP contribution in [0.3, 0.4) is 0 Å². The Labute approximate surface area is 162 Å². The number of nitrogens with one attached hydrogen (secondary N) is 1. The lowest BCUT2D eigenvalue weighted by atomic mass is 9.51. The van der Waals surface area contributed by atoms with Crippen molar-refractivity contribution in [3.63, 3.8) is 0 Å². The molecule has 5 unspecified atom stereocenters. The summed E-state index contributed by atoms with van der Waals surface area (Å²) in [5.41, 5.74) is -2.53. The van der Waals surface area contributed by atoms with Crippen LogP contribution in [0.1, 0.15) is 49.2 Å². The predicted molar refractivity (Wildman–Crippen MR) is 97.3 cm³/mol. The number of nitriles is 3. The number of aryl methyl sites for hydroxylation is 1. The van der Waals surface area contributed by atoms with E-state index in [4.69, 9.17) is 14.9 Å². The number of nitrogens with zero attached hydrogens (tertiary/aromatic N) is 3. The minimum atomic E-state index is -1.82. The van der Waals surface area contributed by atoms with E-state index >= 15 is 0 Å². The molecule has 3 heterocycles. The van der Waals surface area contributed by atoms with Gasteiger partial charge in [0.05, 0.1) is 24.1 Å². The Kier molecular flexibility index (Phi) is 3.86. The van der Waals surface area contributed by atoms with E-state index in [1.807, 2.05) is 18.4 Å². The molecule has 1 N–H and O–H groups in total. The average Bonchev–Trinajstić information content (AvgIpc) is 3.18. The van der Waals surface area contributed by atoms with Gasteiger partial charge in [0.2, 0.25) is 17.1 Å². The van der Waals surface area contributed by atoms with Crippen LogP contribution in [0, 0.1) is 69.0 Å². The highest BCUT2D eigenvalue weighted by molar-refractivity contribution is 7.10. The summed E-state index contributed by atoms with van der Waals surface area (Å²) in [5.74, 6) is -1.51. The first-order valence-electron chi connectivity index (χ1n) is 9.18. The highest BCUT2D eigenvalue weighted by atomic mass is 32.1. The van der Waals surface area contributed by atoms with E-state index in [2.05, 4.69) is 25.1 Å². The van der Waals surface area contributed by atoms with E-state index in [1.165, 1.54) is 11.3 Å². The quantitative estimate of drug-likeness (QED) is 0.826. The van der Waals surface area contributed by atoms with Crippen molar-refractivity contribution in [2.75, 3.05) is 0 Å². The minimum absolute atomic E-state index is 0.286. The SMILES string of the molecule is CCC1CCC23OC(=N)C(C#N)(C2C1)C(C#N)(C#N)C(c1sccc1C)O3. The van der Waals surface area contributed by atoms with Gasteiger partial charge in [-0.3, -0.25) is 5.41 Å². The zero-order valence-electron chi connectivity index (χ0n) is 15.3. The van der Waals surface area contributed by atoms with Gasteiger partial charge in [0.15, 0.2) is 5.41 Å². The van der Waals surface area contributed by atoms with Gasteiger partial charge in [-0.1, -0.05) is 13.3 Å². The number of ether oxygens (including phenoxy) is 2. The van der Waals surface area contributed by atoms with Gasteiger partial charge in [-0.05, 0) is 42.7 Å². The first-order chi connectivity index (χ1) is 12.9. The van der Waals surface area contributed by atoms with Gasteiger partial charge in [-0.25, -0.2) is 0 Å². The largest absolute Gasteiger partial charge is 0.447 e. The second kappa shape index (κ2) is 5.80. The molecule has 27 heavy (non-hydrogen) atoms. The average molecular weight is 380 g/mol. The third-order valence-electron chi connectivity index (χ3n) is 6.74. The zero-order chi connectivity index (χ0) is 19.4. The van der Waals surface area contributed by atoms with Gasteiger partial charge in [0.25, 0.3) is 0 Å². The van der Waals surface area contributed by atoms with Crippen LogP contribution in [-0.2, 0) is 9.47 Å². The summed E-state index contributed by atoms with van der Waals surface area (Å²) in [6.45, 7) is 4.00. The van der Waals surface area contributed by atoms with Crippen LogP contribution in [-0.4, -0.2) is 11.7 Å². The maximum Gasteiger partial charge on any atom is 0.217 e. The van der Waals surface area contributed by atoms with Crippen LogP contribution in [0.4, 0.5) is 0 Å². The number of hydrogen-bond acceptors (Lipinski definition) is 7. The lowest BCUT2D eigenvalue weighted by molar-refractivity contribution is -0.298. The maximum absolute atomic E-state index is 10.3. The van der Waals surface area contributed by atoms with Crippen molar-refractivity contribution in [1.29, 1.82) is 21.2 Å². The Morgan fingerprint density at radius 1 is 1.30 bits per heavy atom. The Hall–Kier alpha value is -2.40. The molecular weight excluding hydrogens is 360 g/mol. The minimum Gasteiger partial charge on any atom is -0.447 e. The monoisotopic (exact) mass is 380 g/mol. The summed E-state index contributed by atoms with van der Waals surface area (Å²) in [4.78, 5) is 0.756. The molecular formula is C20H20N4O2S. The van der Waals surface area contributed by atoms with Crippen molar-refractivity contribution in [1.82, 2.24) is 0 Å². The van der Waals surface area contributed by atoms with Crippen LogP contribution in [0.2, 0.25) is 0 Å². The molecule has 4 rings (SSSR count). The van der Waals surface area contributed by atoms with E-state index in [0.29, 0.717) is 18.8 Å². The molecule has 0 spiro atoms. The molecule has 0 radical (unpaired) electrons. The van der Waals surface area contributed by atoms with E-state index < -0.39 is 28.6 Å². The molecule has 5 atom stereocenters. The highest BCUT2D eigenvalue weighted by Gasteiger charge is 2.81. The molecule has 138 valence electrons. The summed E-state index contributed by atoms with van der Waals surface area (Å²) >= 11 is 1.41. The van der Waals surface area contributed by atoms with Crippen molar-refractivity contribution < 1.29 is 9.47 Å². The van der Waals surface area contributed by atoms with Gasteiger partial charge in [0.1, 0.15) is 6.10 Å². The lowest BCUT2D eigenvalue weighted by Crippen LogP contribution is -2.61. The van der Waals surface area contributed by atoms with E-state index in [0.717, 1.165) is 23.3 Å². The summed E-state index contributed by atoms with van der Waals surface area (Å²) < 4.78 is 12.4.